The van der Waals surface area contributed by atoms with E-state index in [0.717, 1.165) is 0 Å². The molecule has 3 heterocycles. The third-order valence-corrected chi connectivity index (χ3v) is 7.72. The molecule has 0 radical (unpaired) electrons. The molecule has 7 nitrogen and oxygen atoms in total. The molecule has 0 spiro atoms. The molecule has 12 heteroatoms. The molecule has 0 aliphatic carbocycles. The van der Waals surface area contributed by atoms with E-state index in [1.165, 1.54) is 47.4 Å². The molecular formula is C27H14Cl2FN3O4S2. The number of nitrogens with zero attached hydrogens (tertiary/aromatic N) is 3. The van der Waals surface area contributed by atoms with Crippen LogP contribution in [0.1, 0.15) is 0 Å². The third-order valence-electron chi connectivity index (χ3n) is 5.81. The molecule has 0 fully saturated rings. The fraction of sp³-hybridized carbons (Fsp3) is 0.0370. The van der Waals surface area contributed by atoms with Crippen LogP contribution in [-0.4, -0.2) is 21.6 Å². The summed E-state index contributed by atoms with van der Waals surface area (Å²) < 4.78 is 32.9. The van der Waals surface area contributed by atoms with Gasteiger partial charge in [-0.3, -0.25) is 4.79 Å². The van der Waals surface area contributed by atoms with Crippen LogP contribution in [0.3, 0.4) is 0 Å². The monoisotopic (exact) mass is 597 g/mol. The van der Waals surface area contributed by atoms with Gasteiger partial charge >= 0.3 is 0 Å². The maximum Gasteiger partial charge on any atom is 0.290 e. The second kappa shape index (κ2) is 10.0. The van der Waals surface area contributed by atoms with Crippen LogP contribution < -0.4 is 15.0 Å². The van der Waals surface area contributed by atoms with E-state index in [4.69, 9.17) is 49.3 Å². The van der Waals surface area contributed by atoms with Crippen molar-refractivity contribution in [1.82, 2.24) is 14.5 Å². The summed E-state index contributed by atoms with van der Waals surface area (Å²) in [5.74, 6) is 0.324. The number of hydrogen-bond acceptors (Lipinski definition) is 8. The fourth-order valence-corrected chi connectivity index (χ4v) is 5.69. The largest absolute Gasteiger partial charge is 0.493 e. The summed E-state index contributed by atoms with van der Waals surface area (Å²) in [6.07, 6.45) is 1.45. The molecule has 6 aromatic rings. The fourth-order valence-electron chi connectivity index (χ4n) is 4.02. The van der Waals surface area contributed by atoms with Gasteiger partial charge in [0.15, 0.2) is 11.3 Å². The van der Waals surface area contributed by atoms with Crippen molar-refractivity contribution in [2.75, 3.05) is 7.11 Å². The normalized spacial score (nSPS) is 11.3. The number of halogens is 3. The van der Waals surface area contributed by atoms with Crippen molar-refractivity contribution in [2.24, 2.45) is 0 Å². The zero-order valence-corrected chi connectivity index (χ0v) is 22.9. The molecule has 0 bridgehead atoms. The highest BCUT2D eigenvalue weighted by molar-refractivity contribution is 7.71. The number of aromatic nitrogens is 3. The summed E-state index contributed by atoms with van der Waals surface area (Å²) in [4.78, 5) is 22.1. The van der Waals surface area contributed by atoms with Gasteiger partial charge in [0.1, 0.15) is 17.3 Å². The molecule has 0 saturated heterocycles. The molecule has 0 unspecified atom stereocenters. The second-order valence-electron chi connectivity index (χ2n) is 8.17. The Labute approximate surface area is 238 Å². The number of hydrogen-bond donors (Lipinski definition) is 0. The van der Waals surface area contributed by atoms with E-state index >= 15 is 0 Å². The number of thiazole rings is 1. The summed E-state index contributed by atoms with van der Waals surface area (Å²) in [6.45, 7) is 0. The van der Waals surface area contributed by atoms with E-state index in [1.807, 2.05) is 12.1 Å². The van der Waals surface area contributed by atoms with Crippen molar-refractivity contribution in [3.8, 4) is 33.5 Å². The van der Waals surface area contributed by atoms with Gasteiger partial charge in [-0.25, -0.2) is 18.9 Å². The highest BCUT2D eigenvalue weighted by atomic mass is 35.5. The SMILES string of the molecule is COc1ccnc2c(=O)n(-c3nc4cc(-c5ccccc5Cl)c(Oc5cc(F)ccc5Cl)cc4s3)c(=S)oc12. The van der Waals surface area contributed by atoms with E-state index in [2.05, 4.69) is 9.97 Å². The summed E-state index contributed by atoms with van der Waals surface area (Å²) in [6, 6.07) is 16.1. The van der Waals surface area contributed by atoms with Crippen LogP contribution in [0.4, 0.5) is 4.39 Å². The summed E-state index contributed by atoms with van der Waals surface area (Å²) in [7, 11) is 1.46. The predicted octanol–water partition coefficient (Wildman–Crippen LogP) is 8.23. The molecule has 3 aromatic carbocycles. The quantitative estimate of drug-likeness (QED) is 0.185. The van der Waals surface area contributed by atoms with Crippen molar-refractivity contribution in [3.05, 3.63) is 97.9 Å². The third kappa shape index (κ3) is 4.55. The van der Waals surface area contributed by atoms with E-state index in [9.17, 15) is 9.18 Å². The van der Waals surface area contributed by atoms with Crippen LogP contribution in [0.15, 0.2) is 76.1 Å². The van der Waals surface area contributed by atoms with Gasteiger partial charge < -0.3 is 13.9 Å². The van der Waals surface area contributed by atoms with E-state index in [1.54, 1.807) is 30.3 Å². The number of ether oxygens (including phenoxy) is 2. The first-order chi connectivity index (χ1) is 18.8. The molecule has 0 saturated carbocycles. The van der Waals surface area contributed by atoms with Gasteiger partial charge in [0.05, 0.1) is 22.3 Å². The average molecular weight is 598 g/mol. The topological polar surface area (TPSA) is 79.4 Å². The highest BCUT2D eigenvalue weighted by Crippen LogP contribution is 2.42. The molecular weight excluding hydrogens is 584 g/mol. The minimum absolute atomic E-state index is 0.0451. The molecule has 0 aliphatic rings. The highest BCUT2D eigenvalue weighted by Gasteiger charge is 2.20. The van der Waals surface area contributed by atoms with Gasteiger partial charge in [-0.15, -0.1) is 0 Å². The Kier molecular flexibility index (Phi) is 6.56. The Bertz CT molecular complexity index is 2040. The van der Waals surface area contributed by atoms with Crippen molar-refractivity contribution in [2.45, 2.75) is 0 Å². The van der Waals surface area contributed by atoms with Crippen LogP contribution >= 0.6 is 46.8 Å². The van der Waals surface area contributed by atoms with Crippen LogP contribution in [0.5, 0.6) is 17.2 Å². The maximum absolute atomic E-state index is 14.0. The van der Waals surface area contributed by atoms with Crippen molar-refractivity contribution >= 4 is 68.1 Å². The minimum atomic E-state index is -0.506. The van der Waals surface area contributed by atoms with E-state index in [-0.39, 0.29) is 31.8 Å². The zero-order chi connectivity index (χ0) is 27.3. The summed E-state index contributed by atoms with van der Waals surface area (Å²) >= 11 is 19.4. The lowest BCUT2D eigenvalue weighted by molar-refractivity contribution is 0.404. The molecule has 0 atom stereocenters. The van der Waals surface area contributed by atoms with Gasteiger partial charge in [0.25, 0.3) is 10.4 Å². The molecule has 3 aromatic heterocycles. The van der Waals surface area contributed by atoms with Crippen molar-refractivity contribution < 1.29 is 18.3 Å². The molecule has 0 aliphatic heterocycles. The van der Waals surface area contributed by atoms with Crippen LogP contribution in [0.2, 0.25) is 10.0 Å². The Morgan fingerprint density at radius 2 is 1.82 bits per heavy atom. The average Bonchev–Trinajstić information content (AvgIpc) is 3.32. The Hall–Kier alpha value is -3.83. The number of methoxy groups -OCH3 is 1. The number of fused-ring (bicyclic) bond motifs is 2. The first-order valence-corrected chi connectivity index (χ1v) is 13.2. The molecule has 6 rings (SSSR count). The Morgan fingerprint density at radius 1 is 1.00 bits per heavy atom. The number of benzene rings is 3. The van der Waals surface area contributed by atoms with Crippen LogP contribution in [0.25, 0.3) is 37.6 Å². The summed E-state index contributed by atoms with van der Waals surface area (Å²) in [5, 5.41) is 0.968. The van der Waals surface area contributed by atoms with Gasteiger partial charge in [-0.05, 0) is 36.5 Å². The summed E-state index contributed by atoms with van der Waals surface area (Å²) in [5.41, 5.74) is 1.48. The first kappa shape index (κ1) is 25.4. The second-order valence-corrected chi connectivity index (χ2v) is 10.3. The maximum atomic E-state index is 14.0. The van der Waals surface area contributed by atoms with Gasteiger partial charge in [0.2, 0.25) is 10.7 Å². The lowest BCUT2D eigenvalue weighted by Crippen LogP contribution is -2.20. The predicted molar refractivity (Wildman–Crippen MR) is 152 cm³/mol. The van der Waals surface area contributed by atoms with Crippen molar-refractivity contribution in [3.63, 3.8) is 0 Å². The van der Waals surface area contributed by atoms with Crippen LogP contribution in [-0.2, 0) is 0 Å². The van der Waals surface area contributed by atoms with Gasteiger partial charge in [0, 0.05) is 40.5 Å². The molecule has 194 valence electrons. The number of rotatable bonds is 5. The van der Waals surface area contributed by atoms with E-state index < -0.39 is 11.4 Å². The van der Waals surface area contributed by atoms with Crippen molar-refractivity contribution in [1.29, 1.82) is 0 Å². The Balaban J connectivity index is 1.57. The lowest BCUT2D eigenvalue weighted by Gasteiger charge is -2.14. The van der Waals surface area contributed by atoms with Gasteiger partial charge in [-0.1, -0.05) is 52.7 Å². The molecule has 39 heavy (non-hydrogen) atoms. The molecule has 0 amide bonds. The lowest BCUT2D eigenvalue weighted by atomic mass is 10.0. The number of pyridine rings is 1. The smallest absolute Gasteiger partial charge is 0.290 e. The minimum Gasteiger partial charge on any atom is -0.493 e. The van der Waals surface area contributed by atoms with Crippen LogP contribution in [0, 0.1) is 10.7 Å². The zero-order valence-electron chi connectivity index (χ0n) is 19.8. The van der Waals surface area contributed by atoms with Gasteiger partial charge in [-0.2, -0.15) is 0 Å². The molecule has 0 N–H and O–H groups in total. The van der Waals surface area contributed by atoms with E-state index in [0.29, 0.717) is 37.9 Å². The standard InChI is InChI=1S/C27H14Cl2FN3O4S2/c1-35-19-8-9-31-23-24(19)37-27(38)33(25(23)34)26-32-18-11-15(14-4-2-3-5-16(14)28)20(12-22(18)39-26)36-21-10-13(30)6-7-17(21)29/h2-12H,1H3. The Morgan fingerprint density at radius 3 is 2.62 bits per heavy atom. The first-order valence-electron chi connectivity index (χ1n) is 11.3.